The van der Waals surface area contributed by atoms with Gasteiger partial charge in [0.2, 0.25) is 3.79 Å². The van der Waals surface area contributed by atoms with Crippen molar-refractivity contribution in [3.05, 3.63) is 76.7 Å². The monoisotopic (exact) mass is 433 g/mol. The smallest absolute Gasteiger partial charge is 0.274 e. The minimum Gasteiger partial charge on any atom is -0.497 e. The Bertz CT molecular complexity index is 1190. The van der Waals surface area contributed by atoms with Crippen molar-refractivity contribution in [3.8, 4) is 28.1 Å². The third kappa shape index (κ3) is 3.37. The Balaban J connectivity index is 2.01. The van der Waals surface area contributed by atoms with Crippen LogP contribution in [0.2, 0.25) is 0 Å². The summed E-state index contributed by atoms with van der Waals surface area (Å²) in [4.78, 5) is 16.0. The average molecular weight is 435 g/mol. The zero-order chi connectivity index (χ0) is 19.9. The minimum absolute atomic E-state index is 0.184. The van der Waals surface area contributed by atoms with Gasteiger partial charge in [0.05, 0.1) is 18.4 Å². The van der Waals surface area contributed by atoms with E-state index in [9.17, 15) is 4.79 Å². The van der Waals surface area contributed by atoms with Crippen molar-refractivity contribution in [2.75, 3.05) is 7.11 Å². The van der Waals surface area contributed by atoms with E-state index in [1.54, 1.807) is 7.11 Å². The maximum atomic E-state index is 12.7. The first kappa shape index (κ1) is 18.9. The Hall–Kier alpha value is -2.47. The molecule has 2 aromatic heterocycles. The first-order valence-electron chi connectivity index (χ1n) is 8.31. The number of rotatable bonds is 3. The molecule has 0 aliphatic carbocycles. The van der Waals surface area contributed by atoms with E-state index in [1.165, 1.54) is 10.6 Å². The lowest BCUT2D eigenvalue weighted by atomic mass is 10.1. The van der Waals surface area contributed by atoms with Crippen molar-refractivity contribution < 1.29 is 4.74 Å². The van der Waals surface area contributed by atoms with Gasteiger partial charge in [-0.05, 0) is 35.4 Å². The van der Waals surface area contributed by atoms with Gasteiger partial charge in [-0.15, -0.1) is 0 Å². The highest BCUT2D eigenvalue weighted by Gasteiger charge is 2.33. The number of nitrogens with one attached hydrogen (secondary N) is 1. The molecule has 0 fully saturated rings. The SMILES string of the molecule is COc1ccc(-c2cc(=O)n3nc(C(Cl)(Cl)Cl)c(-c4ccccc4)c3[nH]2)cc1. The van der Waals surface area contributed by atoms with Crippen molar-refractivity contribution in [1.29, 1.82) is 0 Å². The Morgan fingerprint density at radius 1 is 1.00 bits per heavy atom. The number of benzene rings is 2. The van der Waals surface area contributed by atoms with Gasteiger partial charge in [-0.1, -0.05) is 65.1 Å². The highest BCUT2D eigenvalue weighted by atomic mass is 35.6. The van der Waals surface area contributed by atoms with Crippen LogP contribution in [0.4, 0.5) is 0 Å². The molecule has 142 valence electrons. The quantitative estimate of drug-likeness (QED) is 0.451. The van der Waals surface area contributed by atoms with Crippen molar-refractivity contribution in [2.45, 2.75) is 3.79 Å². The molecule has 0 unspecified atom stereocenters. The molecule has 0 spiro atoms. The van der Waals surface area contributed by atoms with Crippen molar-refractivity contribution >= 4 is 40.4 Å². The number of H-pyrrole nitrogens is 1. The summed E-state index contributed by atoms with van der Waals surface area (Å²) >= 11 is 18.5. The van der Waals surface area contributed by atoms with Gasteiger partial charge in [0.1, 0.15) is 17.1 Å². The second-order valence-electron chi connectivity index (χ2n) is 6.10. The lowest BCUT2D eigenvalue weighted by molar-refractivity contribution is 0.415. The van der Waals surface area contributed by atoms with E-state index in [1.807, 2.05) is 54.6 Å². The molecule has 5 nitrogen and oxygen atoms in total. The van der Waals surface area contributed by atoms with Crippen molar-refractivity contribution in [2.24, 2.45) is 0 Å². The molecule has 0 saturated heterocycles. The Labute approximate surface area is 175 Å². The fourth-order valence-electron chi connectivity index (χ4n) is 3.04. The molecule has 1 N–H and O–H groups in total. The van der Waals surface area contributed by atoms with Crippen molar-refractivity contribution in [3.63, 3.8) is 0 Å². The molecule has 0 amide bonds. The van der Waals surface area contributed by atoms with Gasteiger partial charge in [-0.25, -0.2) is 0 Å². The number of hydrogen-bond acceptors (Lipinski definition) is 3. The van der Waals surface area contributed by atoms with Crippen LogP contribution in [0.15, 0.2) is 65.5 Å². The molecule has 0 aliphatic rings. The number of alkyl halides is 3. The molecule has 28 heavy (non-hydrogen) atoms. The van der Waals surface area contributed by atoms with Crippen LogP contribution in [-0.4, -0.2) is 21.7 Å². The third-order valence-electron chi connectivity index (χ3n) is 4.35. The number of aromatic nitrogens is 3. The molecule has 4 rings (SSSR count). The number of methoxy groups -OCH3 is 1. The van der Waals surface area contributed by atoms with E-state index in [4.69, 9.17) is 39.5 Å². The summed E-state index contributed by atoms with van der Waals surface area (Å²) in [6.45, 7) is 0. The minimum atomic E-state index is -1.79. The van der Waals surface area contributed by atoms with Gasteiger partial charge in [0.25, 0.3) is 5.56 Å². The van der Waals surface area contributed by atoms with Gasteiger partial charge < -0.3 is 9.72 Å². The molecular formula is C20H14Cl3N3O2. The molecule has 0 atom stereocenters. The molecule has 0 aliphatic heterocycles. The maximum absolute atomic E-state index is 12.7. The van der Waals surface area contributed by atoms with Gasteiger partial charge in [0.15, 0.2) is 0 Å². The number of fused-ring (bicyclic) bond motifs is 1. The third-order valence-corrected chi connectivity index (χ3v) is 4.88. The first-order chi connectivity index (χ1) is 13.4. The molecule has 0 radical (unpaired) electrons. The highest BCUT2D eigenvalue weighted by molar-refractivity contribution is 6.66. The summed E-state index contributed by atoms with van der Waals surface area (Å²) in [5.74, 6) is 0.722. The van der Waals surface area contributed by atoms with Crippen LogP contribution in [0.5, 0.6) is 5.75 Å². The first-order valence-corrected chi connectivity index (χ1v) is 9.45. The zero-order valence-electron chi connectivity index (χ0n) is 14.6. The lowest BCUT2D eigenvalue weighted by Crippen LogP contribution is -2.15. The van der Waals surface area contributed by atoms with E-state index in [0.717, 1.165) is 16.9 Å². The lowest BCUT2D eigenvalue weighted by Gasteiger charge is -2.10. The van der Waals surface area contributed by atoms with E-state index in [-0.39, 0.29) is 11.3 Å². The van der Waals surface area contributed by atoms with Crippen LogP contribution in [0.25, 0.3) is 28.0 Å². The van der Waals surface area contributed by atoms with E-state index in [0.29, 0.717) is 16.9 Å². The fraction of sp³-hybridized carbons (Fsp3) is 0.100. The van der Waals surface area contributed by atoms with Crippen LogP contribution < -0.4 is 10.3 Å². The average Bonchev–Trinajstić information content (AvgIpc) is 3.09. The van der Waals surface area contributed by atoms with Crippen LogP contribution in [0.1, 0.15) is 5.69 Å². The molecule has 8 heteroatoms. The molecule has 2 heterocycles. The number of hydrogen-bond donors (Lipinski definition) is 1. The fourth-order valence-corrected chi connectivity index (χ4v) is 3.44. The standard InChI is InChI=1S/C20H14Cl3N3O2/c1-28-14-9-7-12(8-10-14)15-11-16(27)26-19(24-15)17(13-5-3-2-4-6-13)18(25-26)20(21,22)23/h2-11,24H,1H3. The Kier molecular flexibility index (Phi) is 4.83. The van der Waals surface area contributed by atoms with Crippen LogP contribution in [0, 0.1) is 0 Å². The zero-order valence-corrected chi connectivity index (χ0v) is 16.9. The Morgan fingerprint density at radius 3 is 2.29 bits per heavy atom. The maximum Gasteiger partial charge on any atom is 0.274 e. The van der Waals surface area contributed by atoms with Gasteiger partial charge in [0, 0.05) is 6.07 Å². The number of aromatic amines is 1. The molecule has 4 aromatic rings. The highest BCUT2D eigenvalue weighted by Crippen LogP contribution is 2.43. The summed E-state index contributed by atoms with van der Waals surface area (Å²) in [7, 11) is 1.60. The predicted octanol–water partition coefficient (Wildman–Crippen LogP) is 5.19. The Morgan fingerprint density at radius 2 is 1.68 bits per heavy atom. The summed E-state index contributed by atoms with van der Waals surface area (Å²) in [6.07, 6.45) is 0. The van der Waals surface area contributed by atoms with Crippen LogP contribution in [0.3, 0.4) is 0 Å². The van der Waals surface area contributed by atoms with E-state index in [2.05, 4.69) is 10.1 Å². The number of halogens is 3. The van der Waals surface area contributed by atoms with Gasteiger partial charge in [-0.3, -0.25) is 4.79 Å². The second-order valence-corrected chi connectivity index (χ2v) is 8.38. The number of ether oxygens (including phenoxy) is 1. The summed E-state index contributed by atoms with van der Waals surface area (Å²) in [6, 6.07) is 18.2. The predicted molar refractivity (Wildman–Crippen MR) is 112 cm³/mol. The van der Waals surface area contributed by atoms with Gasteiger partial charge in [-0.2, -0.15) is 9.61 Å². The number of nitrogens with zero attached hydrogens (tertiary/aromatic N) is 2. The summed E-state index contributed by atoms with van der Waals surface area (Å²) < 4.78 is 4.61. The molecule has 2 aromatic carbocycles. The second kappa shape index (κ2) is 7.17. The van der Waals surface area contributed by atoms with E-state index >= 15 is 0 Å². The molecular weight excluding hydrogens is 421 g/mol. The molecule has 0 bridgehead atoms. The topological polar surface area (TPSA) is 59.4 Å². The van der Waals surface area contributed by atoms with E-state index < -0.39 is 3.79 Å². The molecule has 0 saturated carbocycles. The summed E-state index contributed by atoms with van der Waals surface area (Å²) in [5.41, 5.74) is 3.07. The van der Waals surface area contributed by atoms with Crippen LogP contribution in [-0.2, 0) is 3.79 Å². The van der Waals surface area contributed by atoms with Crippen LogP contribution >= 0.6 is 34.8 Å². The largest absolute Gasteiger partial charge is 0.497 e. The normalized spacial score (nSPS) is 11.7. The van der Waals surface area contributed by atoms with Gasteiger partial charge >= 0.3 is 0 Å². The van der Waals surface area contributed by atoms with Crippen molar-refractivity contribution in [1.82, 2.24) is 14.6 Å². The summed E-state index contributed by atoms with van der Waals surface area (Å²) in [5, 5.41) is 4.28.